The zero-order valence-electron chi connectivity index (χ0n) is 12.0. The third kappa shape index (κ3) is 3.70. The van der Waals surface area contributed by atoms with Gasteiger partial charge in [0.1, 0.15) is 0 Å². The number of hydrogen-bond donors (Lipinski definition) is 1. The number of nitro groups is 1. The lowest BCUT2D eigenvalue weighted by Gasteiger charge is -2.21. The molecule has 110 valence electrons. The van der Waals surface area contributed by atoms with E-state index in [1.54, 1.807) is 20.0 Å². The smallest absolute Gasteiger partial charge is 0.278 e. The van der Waals surface area contributed by atoms with Gasteiger partial charge in [-0.1, -0.05) is 6.42 Å². The zero-order chi connectivity index (χ0) is 14.5. The molecule has 0 spiro atoms. The van der Waals surface area contributed by atoms with Crippen molar-refractivity contribution in [1.82, 2.24) is 10.3 Å². The largest absolute Gasteiger partial charge is 0.310 e. The molecule has 2 heterocycles. The van der Waals surface area contributed by atoms with Crippen molar-refractivity contribution in [3.63, 3.8) is 0 Å². The number of pyridine rings is 1. The number of aryl methyl sites for hydroxylation is 1. The van der Waals surface area contributed by atoms with Gasteiger partial charge in [0.25, 0.3) is 5.69 Å². The predicted octanol–water partition coefficient (Wildman–Crippen LogP) is 2.98. The van der Waals surface area contributed by atoms with E-state index in [4.69, 9.17) is 0 Å². The first-order chi connectivity index (χ1) is 9.59. The van der Waals surface area contributed by atoms with Crippen LogP contribution in [0.2, 0.25) is 0 Å². The van der Waals surface area contributed by atoms with Crippen molar-refractivity contribution in [2.45, 2.75) is 44.9 Å². The van der Waals surface area contributed by atoms with E-state index in [2.05, 4.69) is 10.3 Å². The lowest BCUT2D eigenvalue weighted by atomic mass is 10.1. The Labute approximate surface area is 123 Å². The highest BCUT2D eigenvalue weighted by Gasteiger charge is 2.19. The van der Waals surface area contributed by atoms with Crippen LogP contribution in [0.1, 0.15) is 36.1 Å². The van der Waals surface area contributed by atoms with Crippen LogP contribution in [0.25, 0.3) is 0 Å². The molecule has 1 N–H and O–H groups in total. The Morgan fingerprint density at radius 3 is 2.95 bits per heavy atom. The van der Waals surface area contributed by atoms with E-state index in [0.717, 1.165) is 12.2 Å². The molecule has 1 atom stereocenters. The second kappa shape index (κ2) is 7.04. The van der Waals surface area contributed by atoms with Gasteiger partial charge >= 0.3 is 0 Å². The molecule has 6 heteroatoms. The van der Waals surface area contributed by atoms with Crippen molar-refractivity contribution in [1.29, 1.82) is 0 Å². The van der Waals surface area contributed by atoms with Crippen LogP contribution in [0, 0.1) is 24.0 Å². The maximum atomic E-state index is 11.1. The summed E-state index contributed by atoms with van der Waals surface area (Å²) in [4.78, 5) is 15.1. The van der Waals surface area contributed by atoms with E-state index in [-0.39, 0.29) is 10.6 Å². The van der Waals surface area contributed by atoms with Crippen LogP contribution in [-0.4, -0.2) is 27.5 Å². The Kier molecular flexibility index (Phi) is 5.37. The minimum absolute atomic E-state index is 0.198. The fourth-order valence-electron chi connectivity index (χ4n) is 2.54. The molecule has 2 rings (SSSR count). The van der Waals surface area contributed by atoms with Gasteiger partial charge in [-0.05, 0) is 32.4 Å². The van der Waals surface area contributed by atoms with Crippen LogP contribution in [0.3, 0.4) is 0 Å². The fourth-order valence-corrected chi connectivity index (χ4v) is 3.82. The third-order valence-corrected chi connectivity index (χ3v) is 5.09. The number of rotatable bonds is 5. The van der Waals surface area contributed by atoms with Gasteiger partial charge in [0.2, 0.25) is 0 Å². The molecule has 20 heavy (non-hydrogen) atoms. The molecule has 1 unspecified atom stereocenters. The molecule has 0 aliphatic carbocycles. The second-order valence-electron chi connectivity index (χ2n) is 5.24. The van der Waals surface area contributed by atoms with Gasteiger partial charge in [-0.3, -0.25) is 15.1 Å². The standard InChI is InChI=1S/C14H21N3O2S/c1-10-7-16-13(11(2)14(10)17(18)19)9-15-8-12-5-3-4-6-20-12/h7,12,15H,3-6,8-9H2,1-2H3. The van der Waals surface area contributed by atoms with Crippen LogP contribution in [0.15, 0.2) is 6.20 Å². The maximum absolute atomic E-state index is 11.1. The van der Waals surface area contributed by atoms with E-state index in [9.17, 15) is 10.1 Å². The lowest BCUT2D eigenvalue weighted by Crippen LogP contribution is -2.27. The summed E-state index contributed by atoms with van der Waals surface area (Å²) in [6.45, 7) is 5.07. The Morgan fingerprint density at radius 1 is 1.50 bits per heavy atom. The van der Waals surface area contributed by atoms with Gasteiger partial charge in [0, 0.05) is 35.7 Å². The first-order valence-corrected chi connectivity index (χ1v) is 8.06. The average molecular weight is 295 g/mol. The van der Waals surface area contributed by atoms with Gasteiger partial charge in [-0.2, -0.15) is 11.8 Å². The second-order valence-corrected chi connectivity index (χ2v) is 6.65. The molecule has 1 aliphatic rings. The molecule has 0 radical (unpaired) electrons. The highest BCUT2D eigenvalue weighted by atomic mass is 32.2. The van der Waals surface area contributed by atoms with Gasteiger partial charge in [-0.25, -0.2) is 0 Å². The van der Waals surface area contributed by atoms with Crippen molar-refractivity contribution in [3.05, 3.63) is 33.1 Å². The predicted molar refractivity (Wildman–Crippen MR) is 82.2 cm³/mol. The SMILES string of the molecule is Cc1cnc(CNCC2CCCCS2)c(C)c1[N+](=O)[O-]. The first-order valence-electron chi connectivity index (χ1n) is 7.01. The highest BCUT2D eigenvalue weighted by molar-refractivity contribution is 7.99. The minimum Gasteiger partial charge on any atom is -0.310 e. The number of nitrogens with zero attached hydrogens (tertiary/aromatic N) is 2. The molecule has 0 bridgehead atoms. The third-order valence-electron chi connectivity index (χ3n) is 3.70. The summed E-state index contributed by atoms with van der Waals surface area (Å²) >= 11 is 2.02. The average Bonchev–Trinajstić information content (AvgIpc) is 2.42. The Bertz CT molecular complexity index is 488. The molecule has 1 fully saturated rings. The number of nitrogens with one attached hydrogen (secondary N) is 1. The summed E-state index contributed by atoms with van der Waals surface area (Å²) in [6, 6.07) is 0. The molecular formula is C14H21N3O2S. The highest BCUT2D eigenvalue weighted by Crippen LogP contribution is 2.25. The molecule has 1 saturated heterocycles. The quantitative estimate of drug-likeness (QED) is 0.668. The monoisotopic (exact) mass is 295 g/mol. The fraction of sp³-hybridized carbons (Fsp3) is 0.643. The topological polar surface area (TPSA) is 68.1 Å². The van der Waals surface area contributed by atoms with Crippen molar-refractivity contribution in [2.24, 2.45) is 0 Å². The van der Waals surface area contributed by atoms with Crippen molar-refractivity contribution in [2.75, 3.05) is 12.3 Å². The molecule has 1 aromatic heterocycles. The van der Waals surface area contributed by atoms with Crippen LogP contribution in [-0.2, 0) is 6.54 Å². The Morgan fingerprint density at radius 2 is 2.30 bits per heavy atom. The molecular weight excluding hydrogens is 274 g/mol. The van der Waals surface area contributed by atoms with E-state index >= 15 is 0 Å². The molecule has 0 aromatic carbocycles. The summed E-state index contributed by atoms with van der Waals surface area (Å²) in [6.07, 6.45) is 5.49. The van der Waals surface area contributed by atoms with Gasteiger partial charge < -0.3 is 5.32 Å². The normalized spacial score (nSPS) is 19.0. The van der Waals surface area contributed by atoms with Crippen molar-refractivity contribution >= 4 is 17.4 Å². The van der Waals surface area contributed by atoms with E-state index in [1.165, 1.54) is 25.0 Å². The summed E-state index contributed by atoms with van der Waals surface area (Å²) in [7, 11) is 0. The van der Waals surface area contributed by atoms with Crippen LogP contribution >= 0.6 is 11.8 Å². The first kappa shape index (κ1) is 15.3. The van der Waals surface area contributed by atoms with Gasteiger partial charge in [0.05, 0.1) is 10.6 Å². The van der Waals surface area contributed by atoms with Crippen LogP contribution in [0.5, 0.6) is 0 Å². The summed E-state index contributed by atoms with van der Waals surface area (Å²) in [5, 5.41) is 15.1. The Balaban J connectivity index is 1.95. The Hall–Kier alpha value is -1.14. The summed E-state index contributed by atoms with van der Waals surface area (Å²) in [5.74, 6) is 1.25. The zero-order valence-corrected chi connectivity index (χ0v) is 12.8. The number of hydrogen-bond acceptors (Lipinski definition) is 5. The van der Waals surface area contributed by atoms with E-state index in [0.29, 0.717) is 22.9 Å². The van der Waals surface area contributed by atoms with Crippen molar-refractivity contribution in [3.8, 4) is 0 Å². The molecule has 1 aliphatic heterocycles. The van der Waals surface area contributed by atoms with Crippen LogP contribution in [0.4, 0.5) is 5.69 Å². The minimum atomic E-state index is -0.313. The van der Waals surface area contributed by atoms with Crippen molar-refractivity contribution < 1.29 is 4.92 Å². The molecule has 5 nitrogen and oxygen atoms in total. The van der Waals surface area contributed by atoms with E-state index < -0.39 is 0 Å². The summed E-state index contributed by atoms with van der Waals surface area (Å²) < 4.78 is 0. The number of thioether (sulfide) groups is 1. The number of aromatic nitrogens is 1. The lowest BCUT2D eigenvalue weighted by molar-refractivity contribution is -0.386. The molecule has 1 aromatic rings. The van der Waals surface area contributed by atoms with Gasteiger partial charge in [0.15, 0.2) is 0 Å². The van der Waals surface area contributed by atoms with Crippen LogP contribution < -0.4 is 5.32 Å². The molecule has 0 saturated carbocycles. The maximum Gasteiger partial charge on any atom is 0.278 e. The van der Waals surface area contributed by atoms with Gasteiger partial charge in [-0.15, -0.1) is 0 Å². The summed E-state index contributed by atoms with van der Waals surface area (Å²) in [5.41, 5.74) is 2.28. The molecule has 0 amide bonds. The van der Waals surface area contributed by atoms with E-state index in [1.807, 2.05) is 11.8 Å².